The highest BCUT2D eigenvalue weighted by atomic mass is 35.5. The van der Waals surface area contributed by atoms with Crippen LogP contribution in [0.5, 0.6) is 0 Å². The quantitative estimate of drug-likeness (QED) is 0.0249. The van der Waals surface area contributed by atoms with E-state index in [0.29, 0.717) is 150 Å². The maximum atomic E-state index is 12.9. The third-order valence-corrected chi connectivity index (χ3v) is 32.0. The van der Waals surface area contributed by atoms with Crippen LogP contribution in [0.2, 0.25) is 35.2 Å². The number of pyridine rings is 1. The third kappa shape index (κ3) is 33.6. The summed E-state index contributed by atoms with van der Waals surface area (Å²) in [7, 11) is 0. The Bertz CT molecular complexity index is 6310. The van der Waals surface area contributed by atoms with Crippen molar-refractivity contribution in [1.82, 2.24) is 69.9 Å². The molecule has 12 heterocycles. The van der Waals surface area contributed by atoms with E-state index >= 15 is 0 Å². The molecule has 15 aromatic rings. The van der Waals surface area contributed by atoms with Gasteiger partial charge in [-0.15, -0.1) is 79.4 Å². The van der Waals surface area contributed by atoms with Gasteiger partial charge in [0.1, 0.15) is 18.0 Å². The van der Waals surface area contributed by atoms with Crippen LogP contribution in [0.1, 0.15) is 240 Å². The van der Waals surface area contributed by atoms with Gasteiger partial charge in [0.15, 0.2) is 5.69 Å². The molecule has 0 bridgehead atoms. The molecule has 0 fully saturated rings. The maximum absolute atomic E-state index is 12.9. The number of halogens is 9. The molecule has 7 N–H and O–H groups in total. The molecule has 22 nitrogen and oxygen atoms in total. The van der Waals surface area contributed by atoms with Crippen LogP contribution in [0, 0.1) is 32.1 Å². The fourth-order valence-electron chi connectivity index (χ4n) is 11.5. The smallest absolute Gasteiger partial charge is 0.261 e. The third-order valence-electron chi connectivity index (χ3n) is 18.5. The Hall–Kier alpha value is -9.81. The fourth-order valence-corrected chi connectivity index (χ4v) is 22.1. The van der Waals surface area contributed by atoms with Crippen molar-refractivity contribution in [3.8, 4) is 0 Å². The minimum atomic E-state index is -0.309. The lowest BCUT2D eigenvalue weighted by Gasteiger charge is -2.04. The fraction of sp³-hybridized carbons (Fsp3) is 0.255. The van der Waals surface area contributed by atoms with Gasteiger partial charge in [0.2, 0.25) is 0 Å². The van der Waals surface area contributed by atoms with E-state index in [-0.39, 0.29) is 53.0 Å². The summed E-state index contributed by atoms with van der Waals surface area (Å²) in [5.74, 6) is 0.0598. The molecule has 0 aliphatic rings. The molecule has 0 atom stereocenters. The summed E-state index contributed by atoms with van der Waals surface area (Å²) in [5, 5.41) is 30.4. The van der Waals surface area contributed by atoms with Crippen LogP contribution in [-0.4, -0.2) is 74.1 Å². The summed E-state index contributed by atoms with van der Waals surface area (Å²) in [6.07, 6.45) is 8.39. The summed E-state index contributed by atoms with van der Waals surface area (Å²) < 4.78 is 39.5. The van der Waals surface area contributed by atoms with Crippen molar-refractivity contribution in [3.05, 3.63) is 348 Å². The summed E-state index contributed by atoms with van der Waals surface area (Å²) in [6, 6.07) is 40.8. The predicted octanol–water partition coefficient (Wildman–Crippen LogP) is 27.1. The van der Waals surface area contributed by atoms with Crippen molar-refractivity contribution in [2.75, 3.05) is 0 Å². The van der Waals surface area contributed by atoms with E-state index in [0.717, 1.165) is 90.7 Å². The number of rotatable bonds is 26. The van der Waals surface area contributed by atoms with Crippen molar-refractivity contribution in [1.29, 1.82) is 0 Å². The first-order valence-electron chi connectivity index (χ1n) is 41.1. The van der Waals surface area contributed by atoms with Crippen molar-refractivity contribution < 1.29 is 42.3 Å². The van der Waals surface area contributed by atoms with Gasteiger partial charge in [-0.2, -0.15) is 18.2 Å². The van der Waals surface area contributed by atoms with E-state index in [4.69, 9.17) is 87.8 Å². The molecule has 0 radical (unpaired) electrons. The van der Waals surface area contributed by atoms with Gasteiger partial charge in [0, 0.05) is 83.7 Å². The number of thiophene rings is 7. The highest BCUT2D eigenvalue weighted by molar-refractivity contribution is 7.17. The molecule has 0 unspecified atom stereocenters. The molecule has 0 saturated carbocycles. The summed E-state index contributed by atoms with van der Waals surface area (Å²) in [6.45, 7) is 34.0. The van der Waals surface area contributed by atoms with Crippen molar-refractivity contribution in [2.45, 2.75) is 158 Å². The number of benzene rings is 3. The van der Waals surface area contributed by atoms with Crippen molar-refractivity contribution >= 4 is 236 Å². The van der Waals surface area contributed by atoms with E-state index in [1.807, 2.05) is 75.7 Å². The first kappa shape index (κ1) is 108. The van der Waals surface area contributed by atoms with Crippen LogP contribution in [0.3, 0.4) is 0 Å². The standard InChI is InChI=1S/C16H16ClN3OS.C16H15ClN2OS.C15H15ClFNOS.C13H11ClFNOS.C12H13ClN2OS2.C11H12ClN3OS2.C11H10ClN3OS/c1-10(2)15-12(17)7-14(22-15)16(21)18-8-11-9-19-20-6-4-3-5-13(11)20;1-10(2)15-13(17)8-14(21-15)16(20)19-9-11-4-6-12(18-3)7-5-11;1-9(2)14-12(16)7-13(20-14)15(19)18-8-10-3-5-11(17)6-4-10;1-8-11(14)6-12(18-8)13(17)16-7-9-3-2-4-10(15)5-9;1-7(2)11-9(13)5-10(18-11)12(16)14-6-8-3-4-17-15-8;1-6(2)10-8(12)3-9(17-10)11(16)13-4-7-5-14-18-15-7;1-7-9(12)4-10(17-7)11(16)14-5-8-2-3-13-6-15-8/h3-7,9-10H,8H2,1-2H3,(H,18,21);4-8,10H,9H2,1-2H3,(H,19,20);3-7,9H,8H2,1-2H3,(H,18,19);2-6H,7H2,1H3,(H,16,17);3-5,7H,6H2,1-2H3,(H,14,16);3,5-6H,4H2,1-2H3,(H,13,16);2-4,6H,5H2,1H3,(H,14,16). The predicted molar refractivity (Wildman–Crippen MR) is 548 cm³/mol. The molecule has 12 aromatic heterocycles. The van der Waals surface area contributed by atoms with Gasteiger partial charge in [-0.25, -0.2) is 28.1 Å². The van der Waals surface area contributed by atoms with Gasteiger partial charge in [-0.3, -0.25) is 33.6 Å². The summed E-state index contributed by atoms with van der Waals surface area (Å²) in [4.78, 5) is 106. The minimum absolute atomic E-state index is 0.0956. The van der Waals surface area contributed by atoms with Crippen LogP contribution in [0.4, 0.5) is 14.5 Å². The van der Waals surface area contributed by atoms with Gasteiger partial charge in [-0.1, -0.05) is 205 Å². The highest BCUT2D eigenvalue weighted by Gasteiger charge is 2.23. The molecule has 3 aromatic carbocycles. The number of fused-ring (bicyclic) bond motifs is 1. The Kier molecular flexibility index (Phi) is 43.2. The molecule has 0 aliphatic carbocycles. The van der Waals surface area contributed by atoms with Crippen molar-refractivity contribution in [3.63, 3.8) is 0 Å². The van der Waals surface area contributed by atoms with Gasteiger partial charge in [0.05, 0.1) is 142 Å². The average molecular weight is 2120 g/mol. The largest absolute Gasteiger partial charge is 0.347 e. The molecule has 702 valence electrons. The normalized spacial score (nSPS) is 10.7. The van der Waals surface area contributed by atoms with E-state index in [1.54, 1.807) is 108 Å². The zero-order valence-electron chi connectivity index (χ0n) is 74.2. The molecule has 7 amide bonds. The topological polar surface area (TPSA) is 290 Å². The van der Waals surface area contributed by atoms with E-state index < -0.39 is 0 Å². The summed E-state index contributed by atoms with van der Waals surface area (Å²) in [5.41, 5.74) is 7.52. The molecule has 40 heteroatoms. The Morgan fingerprint density at radius 2 is 0.784 bits per heavy atom. The van der Waals surface area contributed by atoms with Crippen LogP contribution in [0.15, 0.2) is 182 Å². The number of carbonyl (C=O) groups excluding carboxylic acids is 7. The molecule has 0 spiro atoms. The van der Waals surface area contributed by atoms with E-state index in [1.165, 1.54) is 121 Å². The van der Waals surface area contributed by atoms with Gasteiger partial charge < -0.3 is 37.2 Å². The number of hydrogen-bond donors (Lipinski definition) is 7. The SMILES string of the molecule is CC(C)c1sc(C(=O)NCc2ccc(F)cc2)cc1Cl.CC(C)c1sc(C(=O)NCc2ccsn2)cc1Cl.CC(C)c1sc(C(=O)NCc2cnn3ccccc23)cc1Cl.CC(C)c1sc(C(=O)NCc2cnsn2)cc1Cl.Cc1sc(C(=O)NCc2cccc(F)c2)cc1Cl.Cc1sc(C(=O)NCc2ccncn2)cc1Cl.[C-]#[N+]c1ccc(CNC(=O)c2cc(Cl)c(C(C)C)s2)cc1. The molecule has 0 saturated heterocycles. The van der Waals surface area contributed by atoms with Crippen molar-refractivity contribution in [2.24, 2.45) is 0 Å². The first-order valence-corrected chi connectivity index (χ1v) is 51.1. The molecular weight excluding hydrogens is 2030 g/mol. The molecular formula is C94H92Cl7F2N15O7S9. The van der Waals surface area contributed by atoms with Gasteiger partial charge in [-0.05, 0) is 163 Å². The number of hydrogen-bond acceptors (Lipinski definition) is 22. The second kappa shape index (κ2) is 53.6. The van der Waals surface area contributed by atoms with E-state index in [9.17, 15) is 42.3 Å². The molecule has 134 heavy (non-hydrogen) atoms. The zero-order valence-corrected chi connectivity index (χ0v) is 86.8. The van der Waals surface area contributed by atoms with Gasteiger partial charge >= 0.3 is 0 Å². The number of amides is 7. The zero-order chi connectivity index (χ0) is 97.4. The number of carbonyl (C=O) groups is 7. The maximum Gasteiger partial charge on any atom is 0.261 e. The van der Waals surface area contributed by atoms with Gasteiger partial charge in [0.25, 0.3) is 41.4 Å². The average Bonchev–Trinajstić information content (AvgIpc) is 1.67. The minimum Gasteiger partial charge on any atom is -0.347 e. The lowest BCUT2D eigenvalue weighted by atomic mass is 10.2. The monoisotopic (exact) mass is 2110 g/mol. The van der Waals surface area contributed by atoms with Crippen LogP contribution in [-0.2, 0) is 45.8 Å². The van der Waals surface area contributed by atoms with Crippen LogP contribution in [0.25, 0.3) is 10.4 Å². The van der Waals surface area contributed by atoms with E-state index in [2.05, 4.69) is 126 Å². The second-order valence-corrected chi connectivity index (χ2v) is 42.5. The van der Waals surface area contributed by atoms with Crippen LogP contribution < -0.4 is 37.2 Å². The number of aromatic nitrogens is 7. The summed E-state index contributed by atoms with van der Waals surface area (Å²) >= 11 is 54.8. The first-order chi connectivity index (χ1) is 63.9. The van der Waals surface area contributed by atoms with Crippen LogP contribution >= 0.6 is 184 Å². The number of aryl methyl sites for hydroxylation is 2. The Morgan fingerprint density at radius 3 is 1.14 bits per heavy atom. The number of nitrogens with zero attached hydrogens (tertiary/aromatic N) is 8. The Balaban J connectivity index is 0.000000176. The molecule has 15 rings (SSSR count). The molecule has 0 aliphatic heterocycles. The lowest BCUT2D eigenvalue weighted by Crippen LogP contribution is -2.22. The Morgan fingerprint density at radius 1 is 0.396 bits per heavy atom. The highest BCUT2D eigenvalue weighted by Crippen LogP contribution is 2.39. The number of nitrogens with one attached hydrogen (secondary N) is 7. The Labute approximate surface area is 847 Å². The lowest BCUT2D eigenvalue weighted by molar-refractivity contribution is 0.0946. The second-order valence-electron chi connectivity index (χ2n) is 30.5.